The molecule has 0 radical (unpaired) electrons. The van der Waals surface area contributed by atoms with Gasteiger partial charge in [-0.25, -0.2) is 0 Å². The summed E-state index contributed by atoms with van der Waals surface area (Å²) >= 11 is 0. The van der Waals surface area contributed by atoms with E-state index >= 15 is 0 Å². The van der Waals surface area contributed by atoms with Gasteiger partial charge in [0.05, 0.1) is 0 Å². The van der Waals surface area contributed by atoms with Gasteiger partial charge in [0.2, 0.25) is 5.91 Å². The minimum Gasteiger partial charge on any atom is -0.396 e. The van der Waals surface area contributed by atoms with Crippen LogP contribution in [0.3, 0.4) is 0 Å². The number of hydrogen-bond acceptors (Lipinski definition) is 3. The van der Waals surface area contributed by atoms with Gasteiger partial charge in [-0.1, -0.05) is 60.7 Å². The molecule has 0 saturated carbocycles. The fourth-order valence-corrected chi connectivity index (χ4v) is 4.50. The van der Waals surface area contributed by atoms with Gasteiger partial charge in [-0.3, -0.25) is 4.79 Å². The second kappa shape index (κ2) is 9.35. The molecule has 0 aromatic heterocycles. The predicted octanol–water partition coefficient (Wildman–Crippen LogP) is 3.16. The molecular formula is C24H32N2O2. The Bertz CT molecular complexity index is 706. The Morgan fingerprint density at radius 3 is 2.14 bits per heavy atom. The van der Waals surface area contributed by atoms with E-state index in [1.807, 2.05) is 50.5 Å². The van der Waals surface area contributed by atoms with Gasteiger partial charge in [0, 0.05) is 27.2 Å². The number of aliphatic hydroxyl groups excluding tert-OH is 1. The number of hydrogen-bond donors (Lipinski definition) is 1. The van der Waals surface area contributed by atoms with Crippen molar-refractivity contribution in [1.82, 2.24) is 9.80 Å². The summed E-state index contributed by atoms with van der Waals surface area (Å²) < 4.78 is 0. The highest BCUT2D eigenvalue weighted by atomic mass is 16.3. The number of aliphatic hydroxyl groups is 1. The third kappa shape index (κ3) is 4.29. The summed E-state index contributed by atoms with van der Waals surface area (Å²) in [6, 6.07) is 20.4. The lowest BCUT2D eigenvalue weighted by Gasteiger charge is -2.37. The summed E-state index contributed by atoms with van der Waals surface area (Å²) in [5.74, 6) is 0.688. The number of benzene rings is 2. The Labute approximate surface area is 168 Å². The molecule has 1 saturated heterocycles. The van der Waals surface area contributed by atoms with E-state index < -0.39 is 5.41 Å². The summed E-state index contributed by atoms with van der Waals surface area (Å²) in [4.78, 5) is 17.8. The van der Waals surface area contributed by atoms with E-state index in [1.165, 1.54) is 0 Å². The Morgan fingerprint density at radius 2 is 1.64 bits per heavy atom. The molecule has 3 rings (SSSR count). The van der Waals surface area contributed by atoms with Crippen molar-refractivity contribution in [3.63, 3.8) is 0 Å². The van der Waals surface area contributed by atoms with Crippen molar-refractivity contribution in [3.8, 4) is 0 Å². The maximum absolute atomic E-state index is 13.6. The maximum Gasteiger partial charge on any atom is 0.237 e. The topological polar surface area (TPSA) is 43.8 Å². The highest BCUT2D eigenvalue weighted by Gasteiger charge is 2.43. The first-order valence-corrected chi connectivity index (χ1v) is 10.2. The minimum atomic E-state index is -0.693. The summed E-state index contributed by atoms with van der Waals surface area (Å²) in [6.45, 7) is 3.18. The van der Waals surface area contributed by atoms with Gasteiger partial charge in [0.1, 0.15) is 5.41 Å². The van der Waals surface area contributed by atoms with Gasteiger partial charge in [-0.05, 0) is 49.4 Å². The number of nitrogens with zero attached hydrogens (tertiary/aromatic N) is 2. The van der Waals surface area contributed by atoms with Crippen LogP contribution in [0.15, 0.2) is 60.7 Å². The van der Waals surface area contributed by atoms with E-state index in [-0.39, 0.29) is 12.5 Å². The molecule has 2 aromatic rings. The Balaban J connectivity index is 1.95. The Morgan fingerprint density at radius 1 is 1.07 bits per heavy atom. The molecule has 150 valence electrons. The number of rotatable bonds is 8. The van der Waals surface area contributed by atoms with Crippen LogP contribution in [0.4, 0.5) is 0 Å². The molecule has 0 aliphatic carbocycles. The van der Waals surface area contributed by atoms with Gasteiger partial charge in [0.15, 0.2) is 0 Å². The SMILES string of the molecule is CN(C)C(=O)C(CCN1CCC(CCO)C1)(c1ccccc1)c1ccccc1. The highest BCUT2D eigenvalue weighted by Crippen LogP contribution is 2.38. The van der Waals surface area contributed by atoms with Crippen LogP contribution in [-0.4, -0.2) is 61.2 Å². The molecule has 4 nitrogen and oxygen atoms in total. The zero-order chi connectivity index (χ0) is 20.0. The molecule has 1 aliphatic heterocycles. The highest BCUT2D eigenvalue weighted by molar-refractivity contribution is 5.91. The second-order valence-corrected chi connectivity index (χ2v) is 8.05. The molecule has 28 heavy (non-hydrogen) atoms. The molecule has 1 N–H and O–H groups in total. The molecular weight excluding hydrogens is 348 g/mol. The minimum absolute atomic E-state index is 0.121. The van der Waals surface area contributed by atoms with Crippen LogP contribution in [0.1, 0.15) is 30.4 Å². The second-order valence-electron chi connectivity index (χ2n) is 8.05. The first kappa shape index (κ1) is 20.6. The summed E-state index contributed by atoms with van der Waals surface area (Å²) in [6.07, 6.45) is 2.74. The zero-order valence-electron chi connectivity index (χ0n) is 17.1. The van der Waals surface area contributed by atoms with E-state index in [4.69, 9.17) is 0 Å². The van der Waals surface area contributed by atoms with Crippen LogP contribution in [0.25, 0.3) is 0 Å². The summed E-state index contributed by atoms with van der Waals surface area (Å²) in [5, 5.41) is 9.23. The molecule has 1 fully saturated rings. The first-order valence-electron chi connectivity index (χ1n) is 10.2. The Kier molecular flexibility index (Phi) is 6.87. The van der Waals surface area contributed by atoms with Crippen LogP contribution in [-0.2, 0) is 10.2 Å². The van der Waals surface area contributed by atoms with Crippen molar-refractivity contribution in [1.29, 1.82) is 0 Å². The van der Waals surface area contributed by atoms with Crippen molar-refractivity contribution in [2.75, 3.05) is 40.3 Å². The van der Waals surface area contributed by atoms with Crippen LogP contribution >= 0.6 is 0 Å². The molecule has 1 amide bonds. The van der Waals surface area contributed by atoms with Gasteiger partial charge >= 0.3 is 0 Å². The lowest BCUT2D eigenvalue weighted by Crippen LogP contribution is -2.46. The standard InChI is InChI=1S/C24H32N2O2/c1-25(2)23(28)24(21-9-5-3-6-10-21,22-11-7-4-8-12-22)15-17-26-16-13-20(19-26)14-18-27/h3-12,20,27H,13-19H2,1-2H3. The third-order valence-electron chi connectivity index (χ3n) is 6.01. The number of amides is 1. The van der Waals surface area contributed by atoms with E-state index in [0.29, 0.717) is 5.92 Å². The van der Waals surface area contributed by atoms with E-state index in [9.17, 15) is 9.90 Å². The van der Waals surface area contributed by atoms with E-state index in [0.717, 1.165) is 50.0 Å². The van der Waals surface area contributed by atoms with Gasteiger partial charge in [0.25, 0.3) is 0 Å². The van der Waals surface area contributed by atoms with Gasteiger partial charge < -0.3 is 14.9 Å². The predicted molar refractivity (Wildman–Crippen MR) is 113 cm³/mol. The molecule has 0 bridgehead atoms. The lowest BCUT2D eigenvalue weighted by atomic mass is 9.70. The monoisotopic (exact) mass is 380 g/mol. The number of carbonyl (C=O) groups excluding carboxylic acids is 1. The summed E-state index contributed by atoms with van der Waals surface area (Å²) in [5.41, 5.74) is 1.40. The molecule has 1 atom stereocenters. The normalized spacial score (nSPS) is 17.6. The van der Waals surface area contributed by atoms with Gasteiger partial charge in [-0.15, -0.1) is 0 Å². The van der Waals surface area contributed by atoms with Crippen LogP contribution in [0.5, 0.6) is 0 Å². The third-order valence-corrected chi connectivity index (χ3v) is 6.01. The molecule has 4 heteroatoms. The maximum atomic E-state index is 13.6. The summed E-state index contributed by atoms with van der Waals surface area (Å²) in [7, 11) is 3.69. The van der Waals surface area contributed by atoms with Gasteiger partial charge in [-0.2, -0.15) is 0 Å². The Hall–Kier alpha value is -2.17. The molecule has 1 aliphatic rings. The fourth-order valence-electron chi connectivity index (χ4n) is 4.50. The first-order chi connectivity index (χ1) is 13.6. The fraction of sp³-hybridized carbons (Fsp3) is 0.458. The average Bonchev–Trinajstić information content (AvgIpc) is 3.17. The van der Waals surface area contributed by atoms with Crippen molar-refractivity contribution in [2.24, 2.45) is 5.92 Å². The van der Waals surface area contributed by atoms with Crippen LogP contribution in [0, 0.1) is 5.92 Å². The van der Waals surface area contributed by atoms with E-state index in [2.05, 4.69) is 29.2 Å². The average molecular weight is 381 g/mol. The zero-order valence-corrected chi connectivity index (χ0v) is 17.1. The van der Waals surface area contributed by atoms with Crippen molar-refractivity contribution >= 4 is 5.91 Å². The smallest absolute Gasteiger partial charge is 0.237 e. The molecule has 0 spiro atoms. The molecule has 2 aromatic carbocycles. The number of likely N-dealkylation sites (tertiary alicyclic amines) is 1. The van der Waals surface area contributed by atoms with Crippen LogP contribution in [0.2, 0.25) is 0 Å². The van der Waals surface area contributed by atoms with E-state index in [1.54, 1.807) is 4.90 Å². The quantitative estimate of drug-likeness (QED) is 0.765. The number of likely N-dealkylation sites (N-methyl/N-ethyl adjacent to an activating group) is 1. The molecule has 1 heterocycles. The molecule has 1 unspecified atom stereocenters. The van der Waals surface area contributed by atoms with Crippen molar-refractivity contribution in [2.45, 2.75) is 24.7 Å². The number of carbonyl (C=O) groups is 1. The lowest BCUT2D eigenvalue weighted by molar-refractivity contribution is -0.133. The van der Waals surface area contributed by atoms with Crippen molar-refractivity contribution < 1.29 is 9.90 Å². The van der Waals surface area contributed by atoms with Crippen molar-refractivity contribution in [3.05, 3.63) is 71.8 Å². The van der Waals surface area contributed by atoms with Crippen LogP contribution < -0.4 is 0 Å². The largest absolute Gasteiger partial charge is 0.396 e.